The maximum atomic E-state index is 13.7. The summed E-state index contributed by atoms with van der Waals surface area (Å²) in [5.41, 5.74) is 2.82. The lowest BCUT2D eigenvalue weighted by Crippen LogP contribution is -2.49. The van der Waals surface area contributed by atoms with Crippen molar-refractivity contribution in [1.29, 1.82) is 0 Å². The van der Waals surface area contributed by atoms with Crippen LogP contribution in [0.5, 0.6) is 0 Å². The fraction of sp³-hybridized carbons (Fsp3) is 0.292. The normalized spacial score (nSPS) is 13.8. The Hall–Kier alpha value is -3.88. The highest BCUT2D eigenvalue weighted by Gasteiger charge is 2.26. The molecule has 4 rings (SSSR count). The lowest BCUT2D eigenvalue weighted by Gasteiger charge is -2.36. The molecule has 2 aromatic carbocycles. The summed E-state index contributed by atoms with van der Waals surface area (Å²) in [6.45, 7) is 5.81. The van der Waals surface area contributed by atoms with Crippen LogP contribution in [-0.2, 0) is 6.42 Å². The maximum Gasteiger partial charge on any atom is 0.270 e. The lowest BCUT2D eigenvalue weighted by atomic mass is 10.0. The second-order valence-electron chi connectivity index (χ2n) is 8.05. The van der Waals surface area contributed by atoms with E-state index in [0.29, 0.717) is 44.0 Å². The Morgan fingerprint density at radius 3 is 2.48 bits per heavy atom. The lowest BCUT2D eigenvalue weighted by molar-refractivity contribution is -0.384. The number of aromatic nitrogens is 2. The van der Waals surface area contributed by atoms with Gasteiger partial charge >= 0.3 is 0 Å². The van der Waals surface area contributed by atoms with Gasteiger partial charge in [-0.2, -0.15) is 0 Å². The first-order valence-electron chi connectivity index (χ1n) is 10.7. The fourth-order valence-electron chi connectivity index (χ4n) is 4.09. The van der Waals surface area contributed by atoms with Crippen molar-refractivity contribution >= 4 is 17.4 Å². The van der Waals surface area contributed by atoms with E-state index in [1.54, 1.807) is 17.0 Å². The van der Waals surface area contributed by atoms with Gasteiger partial charge in [0.25, 0.3) is 11.6 Å². The highest BCUT2D eigenvalue weighted by Crippen LogP contribution is 2.26. The summed E-state index contributed by atoms with van der Waals surface area (Å²) in [5.74, 6) is 0.939. The van der Waals surface area contributed by atoms with Crippen LogP contribution in [0.1, 0.15) is 33.0 Å². The number of carbonyl (C=O) groups is 1. The summed E-state index contributed by atoms with van der Waals surface area (Å²) in [4.78, 5) is 36.4. The standard InChI is InChI=1S/C24H24FN5O3/c1-16-22(14-18-5-3-7-20(25)13-18)23(27-17(2)26-16)28-9-11-29(12-10-28)24(31)19-6-4-8-21(15-19)30(32)33/h3-8,13,15H,9-12,14H2,1-2H3. The Kier molecular flexibility index (Phi) is 6.30. The average Bonchev–Trinajstić information content (AvgIpc) is 2.80. The number of rotatable bonds is 5. The first kappa shape index (κ1) is 22.3. The van der Waals surface area contributed by atoms with E-state index in [1.807, 2.05) is 19.9 Å². The molecule has 0 N–H and O–H groups in total. The van der Waals surface area contributed by atoms with Crippen LogP contribution >= 0.6 is 0 Å². The Bertz CT molecular complexity index is 1210. The molecule has 1 aromatic heterocycles. The summed E-state index contributed by atoms with van der Waals surface area (Å²) < 4.78 is 13.7. The average molecular weight is 449 g/mol. The van der Waals surface area contributed by atoms with E-state index in [1.165, 1.54) is 30.3 Å². The van der Waals surface area contributed by atoms with Gasteiger partial charge in [-0.25, -0.2) is 14.4 Å². The monoisotopic (exact) mass is 449 g/mol. The van der Waals surface area contributed by atoms with Gasteiger partial charge in [-0.05, 0) is 37.6 Å². The van der Waals surface area contributed by atoms with Crippen molar-refractivity contribution in [2.75, 3.05) is 31.1 Å². The number of halogens is 1. The number of hydrogen-bond acceptors (Lipinski definition) is 6. The first-order valence-corrected chi connectivity index (χ1v) is 10.7. The maximum absolute atomic E-state index is 13.7. The van der Waals surface area contributed by atoms with Crippen LogP contribution in [0, 0.1) is 29.8 Å². The van der Waals surface area contributed by atoms with Gasteiger partial charge in [-0.3, -0.25) is 14.9 Å². The molecule has 1 amide bonds. The molecule has 0 unspecified atom stereocenters. The molecular weight excluding hydrogens is 425 g/mol. The van der Waals surface area contributed by atoms with Gasteiger partial charge in [0.15, 0.2) is 0 Å². The van der Waals surface area contributed by atoms with Crippen molar-refractivity contribution < 1.29 is 14.1 Å². The zero-order valence-electron chi connectivity index (χ0n) is 18.5. The van der Waals surface area contributed by atoms with Crippen molar-refractivity contribution in [2.45, 2.75) is 20.3 Å². The van der Waals surface area contributed by atoms with Crippen molar-refractivity contribution in [1.82, 2.24) is 14.9 Å². The third-order valence-electron chi connectivity index (χ3n) is 5.74. The Morgan fingerprint density at radius 2 is 1.79 bits per heavy atom. The van der Waals surface area contributed by atoms with Crippen LogP contribution in [-0.4, -0.2) is 51.9 Å². The second kappa shape index (κ2) is 9.32. The van der Waals surface area contributed by atoms with Crippen molar-refractivity contribution in [2.24, 2.45) is 0 Å². The van der Waals surface area contributed by atoms with E-state index in [0.717, 1.165) is 22.6 Å². The highest BCUT2D eigenvalue weighted by molar-refractivity contribution is 5.95. The molecule has 9 heteroatoms. The number of nitrogens with zero attached hydrogens (tertiary/aromatic N) is 5. The molecular formula is C24H24FN5O3. The predicted octanol–water partition coefficient (Wildman–Crippen LogP) is 3.69. The molecule has 2 heterocycles. The summed E-state index contributed by atoms with van der Waals surface area (Å²) in [5, 5.41) is 11.0. The van der Waals surface area contributed by atoms with Gasteiger partial charge in [-0.1, -0.05) is 18.2 Å². The van der Waals surface area contributed by atoms with Gasteiger partial charge in [0, 0.05) is 61.6 Å². The van der Waals surface area contributed by atoms with Crippen molar-refractivity contribution in [3.8, 4) is 0 Å². The van der Waals surface area contributed by atoms with Crippen molar-refractivity contribution in [3.63, 3.8) is 0 Å². The Balaban J connectivity index is 1.52. The second-order valence-corrected chi connectivity index (χ2v) is 8.05. The molecule has 8 nitrogen and oxygen atoms in total. The van der Waals surface area contributed by atoms with Gasteiger partial charge in [0.05, 0.1) is 4.92 Å². The van der Waals surface area contributed by atoms with E-state index < -0.39 is 4.92 Å². The minimum absolute atomic E-state index is 0.103. The van der Waals surface area contributed by atoms with E-state index in [9.17, 15) is 19.3 Å². The van der Waals surface area contributed by atoms with Gasteiger partial charge in [-0.15, -0.1) is 0 Å². The van der Waals surface area contributed by atoms with Crippen LogP contribution in [0.3, 0.4) is 0 Å². The van der Waals surface area contributed by atoms with E-state index in [-0.39, 0.29) is 17.4 Å². The van der Waals surface area contributed by atoms with E-state index in [2.05, 4.69) is 14.9 Å². The summed E-state index contributed by atoms with van der Waals surface area (Å²) in [7, 11) is 0. The molecule has 0 spiro atoms. The first-order chi connectivity index (χ1) is 15.8. The zero-order valence-corrected chi connectivity index (χ0v) is 18.5. The van der Waals surface area contributed by atoms with E-state index >= 15 is 0 Å². The van der Waals surface area contributed by atoms with E-state index in [4.69, 9.17) is 0 Å². The number of amides is 1. The number of piperazine rings is 1. The molecule has 33 heavy (non-hydrogen) atoms. The third kappa shape index (κ3) is 4.97. The zero-order chi connectivity index (χ0) is 23.5. The van der Waals surface area contributed by atoms with Crippen LogP contribution in [0.2, 0.25) is 0 Å². The largest absolute Gasteiger partial charge is 0.353 e. The number of non-ortho nitro benzene ring substituents is 1. The minimum Gasteiger partial charge on any atom is -0.353 e. The Morgan fingerprint density at radius 1 is 1.06 bits per heavy atom. The third-order valence-corrected chi connectivity index (χ3v) is 5.74. The van der Waals surface area contributed by atoms with Gasteiger partial charge < -0.3 is 9.80 Å². The number of aryl methyl sites for hydroxylation is 2. The fourth-order valence-corrected chi connectivity index (χ4v) is 4.09. The van der Waals surface area contributed by atoms with Gasteiger partial charge in [0.1, 0.15) is 17.5 Å². The molecule has 0 atom stereocenters. The molecule has 170 valence electrons. The molecule has 0 radical (unpaired) electrons. The predicted molar refractivity (Wildman–Crippen MR) is 122 cm³/mol. The smallest absolute Gasteiger partial charge is 0.270 e. The number of hydrogen-bond donors (Lipinski definition) is 0. The van der Waals surface area contributed by atoms with Crippen LogP contribution in [0.15, 0.2) is 48.5 Å². The highest BCUT2D eigenvalue weighted by atomic mass is 19.1. The summed E-state index contributed by atoms with van der Waals surface area (Å²) >= 11 is 0. The molecule has 0 bridgehead atoms. The molecule has 0 aliphatic carbocycles. The van der Waals surface area contributed by atoms with Crippen LogP contribution in [0.4, 0.5) is 15.9 Å². The quantitative estimate of drug-likeness (QED) is 0.436. The Labute approximate surface area is 190 Å². The number of benzene rings is 2. The number of carbonyl (C=O) groups excluding carboxylic acids is 1. The summed E-state index contributed by atoms with van der Waals surface area (Å²) in [6, 6.07) is 12.3. The number of nitro groups is 1. The topological polar surface area (TPSA) is 92.5 Å². The number of nitro benzene ring substituents is 1. The van der Waals surface area contributed by atoms with Crippen LogP contribution < -0.4 is 4.90 Å². The summed E-state index contributed by atoms with van der Waals surface area (Å²) in [6.07, 6.45) is 0.506. The molecule has 1 saturated heterocycles. The van der Waals surface area contributed by atoms with Crippen molar-refractivity contribution in [3.05, 3.63) is 92.7 Å². The molecule has 1 aliphatic heterocycles. The molecule has 1 aliphatic rings. The number of anilines is 1. The van der Waals surface area contributed by atoms with Gasteiger partial charge in [0.2, 0.25) is 0 Å². The molecule has 3 aromatic rings. The molecule has 0 saturated carbocycles. The SMILES string of the molecule is Cc1nc(C)c(Cc2cccc(F)c2)c(N2CCN(C(=O)c3cccc([N+](=O)[O-])c3)CC2)n1. The van der Waals surface area contributed by atoms with Crippen LogP contribution in [0.25, 0.3) is 0 Å². The molecule has 1 fully saturated rings. The minimum atomic E-state index is -0.505.